The van der Waals surface area contributed by atoms with Crippen molar-refractivity contribution in [2.45, 2.75) is 12.5 Å². The van der Waals surface area contributed by atoms with Crippen LogP contribution in [0.25, 0.3) is 0 Å². The van der Waals surface area contributed by atoms with Crippen LogP contribution in [0.15, 0.2) is 36.7 Å². The second-order valence-electron chi connectivity index (χ2n) is 4.33. The van der Waals surface area contributed by atoms with Gasteiger partial charge in [-0.1, -0.05) is 41.9 Å². The van der Waals surface area contributed by atoms with Gasteiger partial charge in [-0.05, 0) is 12.0 Å². The van der Waals surface area contributed by atoms with Crippen LogP contribution in [0.4, 0.5) is 11.5 Å². The van der Waals surface area contributed by atoms with Crippen molar-refractivity contribution in [1.29, 1.82) is 0 Å². The van der Waals surface area contributed by atoms with Gasteiger partial charge < -0.3 is 10.4 Å². The molecule has 0 fully saturated rings. The molecule has 0 aliphatic heterocycles. The van der Waals surface area contributed by atoms with Gasteiger partial charge in [0.05, 0.1) is 17.6 Å². The summed E-state index contributed by atoms with van der Waals surface area (Å²) in [5.41, 5.74) is 0.595. The predicted octanol–water partition coefficient (Wildman–Crippen LogP) is 2.05. The van der Waals surface area contributed by atoms with E-state index in [0.717, 1.165) is 11.9 Å². The van der Waals surface area contributed by atoms with Crippen LogP contribution in [0.2, 0.25) is 5.15 Å². The number of aliphatic hydroxyl groups is 1. The SMILES string of the molecule is O=[N+]([O-])c1c(Cl)ncnc1NC(CO)Cc1ccccc1. The molecule has 8 heteroatoms. The Bertz CT molecular complexity index is 624. The van der Waals surface area contributed by atoms with E-state index in [9.17, 15) is 15.2 Å². The zero-order chi connectivity index (χ0) is 15.2. The van der Waals surface area contributed by atoms with E-state index in [1.165, 1.54) is 0 Å². The van der Waals surface area contributed by atoms with Crippen LogP contribution in [-0.2, 0) is 6.42 Å². The number of nitrogens with one attached hydrogen (secondary N) is 1. The molecule has 1 aromatic heterocycles. The third-order valence-corrected chi connectivity index (χ3v) is 3.12. The highest BCUT2D eigenvalue weighted by Gasteiger charge is 2.23. The maximum Gasteiger partial charge on any atom is 0.348 e. The van der Waals surface area contributed by atoms with Gasteiger partial charge >= 0.3 is 5.69 Å². The zero-order valence-electron chi connectivity index (χ0n) is 10.9. The molecule has 0 spiro atoms. The van der Waals surface area contributed by atoms with Crippen molar-refractivity contribution in [2.24, 2.45) is 0 Å². The molecule has 21 heavy (non-hydrogen) atoms. The van der Waals surface area contributed by atoms with Crippen molar-refractivity contribution >= 4 is 23.1 Å². The topological polar surface area (TPSA) is 101 Å². The summed E-state index contributed by atoms with van der Waals surface area (Å²) in [5, 5.41) is 23.0. The lowest BCUT2D eigenvalue weighted by molar-refractivity contribution is -0.384. The second kappa shape index (κ2) is 6.96. The molecule has 0 saturated carbocycles. The van der Waals surface area contributed by atoms with E-state index in [0.29, 0.717) is 6.42 Å². The van der Waals surface area contributed by atoms with E-state index in [2.05, 4.69) is 15.3 Å². The minimum absolute atomic E-state index is 0.00465. The Morgan fingerprint density at radius 3 is 2.67 bits per heavy atom. The lowest BCUT2D eigenvalue weighted by Gasteiger charge is -2.16. The number of nitro groups is 1. The summed E-state index contributed by atoms with van der Waals surface area (Å²) >= 11 is 5.72. The van der Waals surface area contributed by atoms with E-state index in [1.807, 2.05) is 30.3 Å². The first kappa shape index (κ1) is 15.1. The molecule has 0 aliphatic rings. The first-order valence-electron chi connectivity index (χ1n) is 6.18. The number of benzene rings is 1. The molecule has 1 atom stereocenters. The number of hydrogen-bond donors (Lipinski definition) is 2. The lowest BCUT2D eigenvalue weighted by atomic mass is 10.1. The number of halogens is 1. The lowest BCUT2D eigenvalue weighted by Crippen LogP contribution is -2.27. The third-order valence-electron chi connectivity index (χ3n) is 2.85. The Hall–Kier alpha value is -2.25. The van der Waals surface area contributed by atoms with Crippen molar-refractivity contribution in [3.05, 3.63) is 57.5 Å². The fraction of sp³-hybridized carbons (Fsp3) is 0.231. The van der Waals surface area contributed by atoms with E-state index in [4.69, 9.17) is 11.6 Å². The number of rotatable bonds is 6. The average Bonchev–Trinajstić information content (AvgIpc) is 2.47. The Balaban J connectivity index is 2.19. The molecule has 0 amide bonds. The van der Waals surface area contributed by atoms with Crippen molar-refractivity contribution in [3.8, 4) is 0 Å². The average molecular weight is 309 g/mol. The largest absolute Gasteiger partial charge is 0.394 e. The van der Waals surface area contributed by atoms with E-state index < -0.39 is 16.7 Å². The molecule has 2 rings (SSSR count). The smallest absolute Gasteiger partial charge is 0.348 e. The summed E-state index contributed by atoms with van der Waals surface area (Å²) in [6, 6.07) is 9.05. The van der Waals surface area contributed by atoms with Gasteiger partial charge in [-0.2, -0.15) is 0 Å². The summed E-state index contributed by atoms with van der Waals surface area (Å²) in [6.45, 7) is -0.201. The molecule has 0 bridgehead atoms. The molecule has 1 aromatic carbocycles. The molecular weight excluding hydrogens is 296 g/mol. The van der Waals surface area contributed by atoms with Gasteiger partial charge in [-0.3, -0.25) is 10.1 Å². The highest BCUT2D eigenvalue weighted by atomic mass is 35.5. The Kier molecular flexibility index (Phi) is 5.02. The maximum absolute atomic E-state index is 11.0. The number of anilines is 1. The maximum atomic E-state index is 11.0. The van der Waals surface area contributed by atoms with Gasteiger partial charge in [0, 0.05) is 0 Å². The first-order chi connectivity index (χ1) is 10.1. The number of hydrogen-bond acceptors (Lipinski definition) is 6. The fourth-order valence-electron chi connectivity index (χ4n) is 1.88. The van der Waals surface area contributed by atoms with Gasteiger partial charge in [0.25, 0.3) is 0 Å². The van der Waals surface area contributed by atoms with Crippen molar-refractivity contribution < 1.29 is 10.0 Å². The second-order valence-corrected chi connectivity index (χ2v) is 4.69. The van der Waals surface area contributed by atoms with Gasteiger partial charge in [0.15, 0.2) is 0 Å². The molecule has 0 aliphatic carbocycles. The van der Waals surface area contributed by atoms with Crippen LogP contribution in [0.3, 0.4) is 0 Å². The standard InChI is InChI=1S/C13H13ClN4O3/c14-12-11(18(20)21)13(16-8-15-12)17-10(7-19)6-9-4-2-1-3-5-9/h1-5,8,10,19H,6-7H2,(H,15,16,17). The Morgan fingerprint density at radius 1 is 1.33 bits per heavy atom. The van der Waals surface area contributed by atoms with Gasteiger partial charge in [-0.25, -0.2) is 9.97 Å². The van der Waals surface area contributed by atoms with Gasteiger partial charge in [0.1, 0.15) is 6.33 Å². The molecule has 7 nitrogen and oxygen atoms in total. The Morgan fingerprint density at radius 2 is 2.05 bits per heavy atom. The summed E-state index contributed by atoms with van der Waals surface area (Å²) in [4.78, 5) is 17.8. The third kappa shape index (κ3) is 3.87. The molecule has 2 N–H and O–H groups in total. The number of nitrogens with zero attached hydrogens (tertiary/aromatic N) is 3. The van der Waals surface area contributed by atoms with Crippen molar-refractivity contribution in [1.82, 2.24) is 9.97 Å². The quantitative estimate of drug-likeness (QED) is 0.481. The number of aliphatic hydroxyl groups excluding tert-OH is 1. The summed E-state index contributed by atoms with van der Waals surface area (Å²) in [5.74, 6) is -0.00465. The minimum atomic E-state index is -0.651. The summed E-state index contributed by atoms with van der Waals surface area (Å²) in [6.07, 6.45) is 1.63. The van der Waals surface area contributed by atoms with Crippen LogP contribution in [0, 0.1) is 10.1 Å². The van der Waals surface area contributed by atoms with Gasteiger partial charge in [-0.15, -0.1) is 0 Å². The van der Waals surface area contributed by atoms with Crippen molar-refractivity contribution in [3.63, 3.8) is 0 Å². The van der Waals surface area contributed by atoms with Crippen molar-refractivity contribution in [2.75, 3.05) is 11.9 Å². The van der Waals surface area contributed by atoms with Gasteiger partial charge in [0.2, 0.25) is 11.0 Å². The van der Waals surface area contributed by atoms with E-state index in [1.54, 1.807) is 0 Å². The molecule has 1 heterocycles. The summed E-state index contributed by atoms with van der Waals surface area (Å²) in [7, 11) is 0. The predicted molar refractivity (Wildman–Crippen MR) is 78.3 cm³/mol. The monoisotopic (exact) mass is 308 g/mol. The van der Waals surface area contributed by atoms with Crippen LogP contribution in [-0.4, -0.2) is 32.6 Å². The molecule has 1 unspecified atom stereocenters. The first-order valence-corrected chi connectivity index (χ1v) is 6.55. The van der Waals surface area contributed by atoms with Crippen LogP contribution in [0.1, 0.15) is 5.56 Å². The minimum Gasteiger partial charge on any atom is -0.394 e. The van der Waals surface area contributed by atoms with Crippen LogP contribution in [0.5, 0.6) is 0 Å². The zero-order valence-corrected chi connectivity index (χ0v) is 11.7. The summed E-state index contributed by atoms with van der Waals surface area (Å²) < 4.78 is 0. The fourth-order valence-corrected chi connectivity index (χ4v) is 2.08. The highest BCUT2D eigenvalue weighted by molar-refractivity contribution is 6.31. The molecular formula is C13H13ClN4O3. The Labute approximate surface area is 125 Å². The molecule has 110 valence electrons. The van der Waals surface area contributed by atoms with Crippen LogP contribution < -0.4 is 5.32 Å². The number of aromatic nitrogens is 2. The van der Waals surface area contributed by atoms with E-state index in [-0.39, 0.29) is 17.6 Å². The van der Waals surface area contributed by atoms with Crippen LogP contribution >= 0.6 is 11.6 Å². The molecule has 2 aromatic rings. The molecule has 0 saturated heterocycles. The normalized spacial score (nSPS) is 11.9. The van der Waals surface area contributed by atoms with E-state index >= 15 is 0 Å². The highest BCUT2D eigenvalue weighted by Crippen LogP contribution is 2.28. The molecule has 0 radical (unpaired) electrons.